The van der Waals surface area contributed by atoms with E-state index < -0.39 is 0 Å². The standard InChI is InChI=1S/C6H4Cl2.CH3Cl/c7-5-2-1-3-6(8)4-5;1-2/h1-4H;1H3. The number of benzene rings is 1. The Kier molecular flexibility index (Phi) is 5.90. The molecule has 0 atom stereocenters. The van der Waals surface area contributed by atoms with E-state index in [-0.39, 0.29) is 0 Å². The molecule has 0 heterocycles. The second kappa shape index (κ2) is 5.84. The van der Waals surface area contributed by atoms with E-state index in [0.717, 1.165) is 0 Å². The van der Waals surface area contributed by atoms with Gasteiger partial charge in [-0.15, -0.1) is 11.6 Å². The van der Waals surface area contributed by atoms with Gasteiger partial charge in [-0.2, -0.15) is 0 Å². The molecule has 1 aromatic carbocycles. The fourth-order valence-electron chi connectivity index (χ4n) is 0.460. The molecule has 0 saturated heterocycles. The van der Waals surface area contributed by atoms with Crippen LogP contribution in [0.25, 0.3) is 0 Å². The summed E-state index contributed by atoms with van der Waals surface area (Å²) in [6.45, 7) is 0. The van der Waals surface area contributed by atoms with Crippen LogP contribution in [0, 0.1) is 0 Å². The summed E-state index contributed by atoms with van der Waals surface area (Å²) in [5, 5.41) is 1.36. The fraction of sp³-hybridized carbons (Fsp3) is 0.143. The summed E-state index contributed by atoms with van der Waals surface area (Å²) in [7, 11) is 0. The van der Waals surface area contributed by atoms with Crippen LogP contribution < -0.4 is 0 Å². The average molecular weight is 197 g/mol. The lowest BCUT2D eigenvalue weighted by Crippen LogP contribution is -1.61. The highest BCUT2D eigenvalue weighted by Crippen LogP contribution is 2.13. The molecule has 0 N–H and O–H groups in total. The van der Waals surface area contributed by atoms with E-state index in [0.29, 0.717) is 10.0 Å². The molecule has 0 aliphatic heterocycles. The van der Waals surface area contributed by atoms with E-state index in [1.54, 1.807) is 18.2 Å². The molecule has 0 aliphatic rings. The molecule has 3 heteroatoms. The molecule has 0 spiro atoms. The van der Waals surface area contributed by atoms with E-state index in [1.165, 1.54) is 6.38 Å². The van der Waals surface area contributed by atoms with Crippen LogP contribution in [0.2, 0.25) is 10.0 Å². The van der Waals surface area contributed by atoms with Gasteiger partial charge in [-0.05, 0) is 18.2 Å². The topological polar surface area (TPSA) is 0 Å². The van der Waals surface area contributed by atoms with E-state index >= 15 is 0 Å². The normalized spacial score (nSPS) is 8.00. The Morgan fingerprint density at radius 2 is 1.40 bits per heavy atom. The van der Waals surface area contributed by atoms with Gasteiger partial charge in [0.2, 0.25) is 0 Å². The van der Waals surface area contributed by atoms with E-state index in [2.05, 4.69) is 11.6 Å². The number of alkyl halides is 1. The number of halogens is 3. The highest BCUT2D eigenvalue weighted by Gasteiger charge is 1.84. The minimum absolute atomic E-state index is 0.678. The molecule has 1 aromatic rings. The highest BCUT2D eigenvalue weighted by molar-refractivity contribution is 6.34. The quantitative estimate of drug-likeness (QED) is 0.554. The van der Waals surface area contributed by atoms with Crippen LogP contribution in [0.15, 0.2) is 24.3 Å². The molecule has 0 radical (unpaired) electrons. The van der Waals surface area contributed by atoms with E-state index in [1.807, 2.05) is 6.07 Å². The molecule has 10 heavy (non-hydrogen) atoms. The third-order valence-electron chi connectivity index (χ3n) is 0.787. The van der Waals surface area contributed by atoms with Gasteiger partial charge >= 0.3 is 0 Å². The molecule has 56 valence electrons. The van der Waals surface area contributed by atoms with Crippen LogP contribution in [0.1, 0.15) is 0 Å². The van der Waals surface area contributed by atoms with Crippen LogP contribution in [-0.4, -0.2) is 6.38 Å². The maximum Gasteiger partial charge on any atom is 0.0420 e. The zero-order valence-corrected chi connectivity index (χ0v) is 7.71. The van der Waals surface area contributed by atoms with Crippen LogP contribution in [-0.2, 0) is 0 Å². The second-order valence-electron chi connectivity index (χ2n) is 1.44. The first-order valence-corrected chi connectivity index (χ1v) is 4.09. The molecule has 0 aliphatic carbocycles. The molecule has 0 unspecified atom stereocenters. The molecule has 0 fully saturated rings. The van der Waals surface area contributed by atoms with Gasteiger partial charge in [0.1, 0.15) is 0 Å². The van der Waals surface area contributed by atoms with Gasteiger partial charge in [0, 0.05) is 16.4 Å². The number of hydrogen-bond donors (Lipinski definition) is 0. The zero-order valence-electron chi connectivity index (χ0n) is 5.44. The first-order valence-electron chi connectivity index (χ1n) is 2.58. The van der Waals surface area contributed by atoms with Gasteiger partial charge in [0.05, 0.1) is 0 Å². The Bertz CT molecular complexity index is 169. The van der Waals surface area contributed by atoms with Gasteiger partial charge in [0.25, 0.3) is 0 Å². The van der Waals surface area contributed by atoms with Crippen LogP contribution >= 0.6 is 34.8 Å². The maximum absolute atomic E-state index is 5.56. The Morgan fingerprint density at radius 3 is 1.60 bits per heavy atom. The third-order valence-corrected chi connectivity index (χ3v) is 1.26. The highest BCUT2D eigenvalue weighted by atomic mass is 35.5. The Balaban J connectivity index is 0.000000371. The minimum Gasteiger partial charge on any atom is -0.130 e. The smallest absolute Gasteiger partial charge is 0.0420 e. The summed E-state index contributed by atoms with van der Waals surface area (Å²) in [6, 6.07) is 7.08. The minimum atomic E-state index is 0.678. The SMILES string of the molecule is CCl.Clc1cccc(Cl)c1. The number of hydrogen-bond acceptors (Lipinski definition) is 0. The first-order chi connectivity index (χ1) is 4.79. The van der Waals surface area contributed by atoms with Crippen molar-refractivity contribution >= 4 is 34.8 Å². The lowest BCUT2D eigenvalue weighted by Gasteiger charge is -1.86. The summed E-state index contributed by atoms with van der Waals surface area (Å²) in [5.74, 6) is 0. The molecular weight excluding hydrogens is 190 g/mol. The first kappa shape index (κ1) is 10.1. The van der Waals surface area contributed by atoms with Crippen LogP contribution in [0.4, 0.5) is 0 Å². The molecule has 0 saturated carbocycles. The lowest BCUT2D eigenvalue weighted by molar-refractivity contribution is 1.71. The Labute approximate surface area is 75.7 Å². The largest absolute Gasteiger partial charge is 0.130 e. The van der Waals surface area contributed by atoms with E-state index in [9.17, 15) is 0 Å². The molecule has 0 aromatic heterocycles. The summed E-state index contributed by atoms with van der Waals surface area (Å²) in [6.07, 6.45) is 1.47. The Hall–Kier alpha value is 0.0900. The van der Waals surface area contributed by atoms with Crippen molar-refractivity contribution in [3.63, 3.8) is 0 Å². The van der Waals surface area contributed by atoms with Crippen molar-refractivity contribution in [2.45, 2.75) is 0 Å². The van der Waals surface area contributed by atoms with Gasteiger partial charge in [0.15, 0.2) is 0 Å². The zero-order chi connectivity index (χ0) is 7.98. The molecule has 1 rings (SSSR count). The Morgan fingerprint density at radius 1 is 1.00 bits per heavy atom. The molecular formula is C7H7Cl3. The van der Waals surface area contributed by atoms with E-state index in [4.69, 9.17) is 23.2 Å². The van der Waals surface area contributed by atoms with Crippen molar-refractivity contribution in [1.29, 1.82) is 0 Å². The second-order valence-corrected chi connectivity index (χ2v) is 2.31. The monoisotopic (exact) mass is 196 g/mol. The third kappa shape index (κ3) is 3.99. The van der Waals surface area contributed by atoms with Crippen molar-refractivity contribution in [1.82, 2.24) is 0 Å². The van der Waals surface area contributed by atoms with Crippen molar-refractivity contribution in [2.24, 2.45) is 0 Å². The lowest BCUT2D eigenvalue weighted by atomic mass is 10.4. The maximum atomic E-state index is 5.56. The fourth-order valence-corrected chi connectivity index (χ4v) is 0.896. The van der Waals surface area contributed by atoms with Crippen molar-refractivity contribution in [3.05, 3.63) is 34.3 Å². The summed E-state index contributed by atoms with van der Waals surface area (Å²) < 4.78 is 0. The van der Waals surface area contributed by atoms with Crippen LogP contribution in [0.5, 0.6) is 0 Å². The summed E-state index contributed by atoms with van der Waals surface area (Å²) in [4.78, 5) is 0. The van der Waals surface area contributed by atoms with Crippen LogP contribution in [0.3, 0.4) is 0 Å². The van der Waals surface area contributed by atoms with Gasteiger partial charge in [-0.25, -0.2) is 0 Å². The van der Waals surface area contributed by atoms with Crippen molar-refractivity contribution in [3.8, 4) is 0 Å². The van der Waals surface area contributed by atoms with Gasteiger partial charge in [-0.1, -0.05) is 29.3 Å². The molecule has 0 amide bonds. The van der Waals surface area contributed by atoms with Gasteiger partial charge in [-0.3, -0.25) is 0 Å². The van der Waals surface area contributed by atoms with Crippen molar-refractivity contribution in [2.75, 3.05) is 6.38 Å². The van der Waals surface area contributed by atoms with Crippen molar-refractivity contribution < 1.29 is 0 Å². The summed E-state index contributed by atoms with van der Waals surface area (Å²) in [5.41, 5.74) is 0. The molecule has 0 nitrogen and oxygen atoms in total. The van der Waals surface area contributed by atoms with Gasteiger partial charge < -0.3 is 0 Å². The molecule has 0 bridgehead atoms. The predicted molar refractivity (Wildman–Crippen MR) is 48.2 cm³/mol. The summed E-state index contributed by atoms with van der Waals surface area (Å²) >= 11 is 15.8. The number of rotatable bonds is 0. The predicted octanol–water partition coefficient (Wildman–Crippen LogP) is 3.85. The average Bonchev–Trinajstić information content (AvgIpc) is 1.91.